The number of nitrogens with zero attached hydrogens (tertiary/aromatic N) is 1. The van der Waals surface area contributed by atoms with E-state index in [9.17, 15) is 9.59 Å². The maximum absolute atomic E-state index is 11.9. The molecular weight excluding hydrogens is 246 g/mol. The average molecular weight is 263 g/mol. The maximum atomic E-state index is 11.9. The lowest BCUT2D eigenvalue weighted by atomic mass is 10.2. The molecule has 2 atom stereocenters. The van der Waals surface area contributed by atoms with Gasteiger partial charge in [0.05, 0.1) is 5.37 Å². The number of carbonyl (C=O) groups is 2. The van der Waals surface area contributed by atoms with Crippen molar-refractivity contribution in [3.63, 3.8) is 0 Å². The molecule has 0 spiro atoms. The molecule has 0 aromatic rings. The van der Waals surface area contributed by atoms with E-state index in [4.69, 9.17) is 5.11 Å². The molecular formula is C10H17NO3S2. The lowest BCUT2D eigenvalue weighted by Gasteiger charge is -2.26. The van der Waals surface area contributed by atoms with E-state index in [-0.39, 0.29) is 11.3 Å². The van der Waals surface area contributed by atoms with Gasteiger partial charge in [0.25, 0.3) is 0 Å². The summed E-state index contributed by atoms with van der Waals surface area (Å²) in [5.41, 5.74) is 0. The van der Waals surface area contributed by atoms with Crippen molar-refractivity contribution >= 4 is 35.4 Å². The van der Waals surface area contributed by atoms with Crippen LogP contribution >= 0.6 is 23.5 Å². The molecule has 1 amide bonds. The van der Waals surface area contributed by atoms with Crippen molar-refractivity contribution < 1.29 is 14.7 Å². The van der Waals surface area contributed by atoms with Crippen LogP contribution in [-0.2, 0) is 9.59 Å². The first-order valence-electron chi connectivity index (χ1n) is 5.26. The van der Waals surface area contributed by atoms with E-state index in [0.717, 1.165) is 12.2 Å². The Balaban J connectivity index is 2.69. The number of hydrogen-bond acceptors (Lipinski definition) is 4. The third-order valence-corrected chi connectivity index (χ3v) is 4.60. The van der Waals surface area contributed by atoms with Gasteiger partial charge in [-0.1, -0.05) is 6.92 Å². The molecule has 4 nitrogen and oxygen atoms in total. The number of hydrogen-bond donors (Lipinski definition) is 1. The SMILES string of the molecule is CCC1SCC(C(=O)O)N1C(=O)CCSC. The molecule has 92 valence electrons. The van der Waals surface area contributed by atoms with Crippen LogP contribution in [0.2, 0.25) is 0 Å². The molecule has 2 unspecified atom stereocenters. The normalized spacial score (nSPS) is 24.8. The zero-order valence-corrected chi connectivity index (χ0v) is 11.1. The van der Waals surface area contributed by atoms with E-state index in [2.05, 4.69) is 0 Å². The summed E-state index contributed by atoms with van der Waals surface area (Å²) in [6, 6.07) is -0.635. The predicted octanol–water partition coefficient (Wildman–Crippen LogP) is 1.50. The second-order valence-electron chi connectivity index (χ2n) is 3.59. The van der Waals surface area contributed by atoms with Crippen LogP contribution in [-0.4, -0.2) is 51.1 Å². The number of rotatable bonds is 5. The third-order valence-electron chi connectivity index (χ3n) is 2.53. The first-order chi connectivity index (χ1) is 7.61. The minimum atomic E-state index is -0.888. The Hall–Kier alpha value is -0.360. The zero-order valence-electron chi connectivity index (χ0n) is 9.51. The Morgan fingerprint density at radius 3 is 2.75 bits per heavy atom. The summed E-state index contributed by atoms with van der Waals surface area (Å²) >= 11 is 3.17. The van der Waals surface area contributed by atoms with Gasteiger partial charge in [-0.15, -0.1) is 11.8 Å². The van der Waals surface area contributed by atoms with E-state index < -0.39 is 12.0 Å². The fourth-order valence-corrected chi connectivity index (χ4v) is 3.47. The van der Waals surface area contributed by atoms with Gasteiger partial charge in [0, 0.05) is 17.9 Å². The third kappa shape index (κ3) is 3.07. The second kappa shape index (κ2) is 6.39. The predicted molar refractivity (Wildman–Crippen MR) is 67.8 cm³/mol. The summed E-state index contributed by atoms with van der Waals surface area (Å²) in [5.74, 6) is 0.348. The highest BCUT2D eigenvalue weighted by molar-refractivity contribution is 8.00. The molecule has 1 N–H and O–H groups in total. The number of carboxylic acids is 1. The van der Waals surface area contributed by atoms with Gasteiger partial charge in [-0.2, -0.15) is 11.8 Å². The summed E-state index contributed by atoms with van der Waals surface area (Å²) in [4.78, 5) is 24.5. The number of carbonyl (C=O) groups excluding carboxylic acids is 1. The monoisotopic (exact) mass is 263 g/mol. The summed E-state index contributed by atoms with van der Waals surface area (Å²) in [6.07, 6.45) is 3.18. The van der Waals surface area contributed by atoms with Gasteiger partial charge in [0.2, 0.25) is 5.91 Å². The van der Waals surface area contributed by atoms with Crippen LogP contribution in [0.4, 0.5) is 0 Å². The highest BCUT2D eigenvalue weighted by Crippen LogP contribution is 2.31. The minimum absolute atomic E-state index is 0.0291. The van der Waals surface area contributed by atoms with Crippen molar-refractivity contribution in [2.75, 3.05) is 17.8 Å². The molecule has 16 heavy (non-hydrogen) atoms. The quantitative estimate of drug-likeness (QED) is 0.814. The molecule has 0 bridgehead atoms. The van der Waals surface area contributed by atoms with Crippen molar-refractivity contribution in [1.29, 1.82) is 0 Å². The Labute approximate surface area is 104 Å². The average Bonchev–Trinajstić information content (AvgIpc) is 2.69. The van der Waals surface area contributed by atoms with Gasteiger partial charge >= 0.3 is 5.97 Å². The molecule has 0 aromatic heterocycles. The van der Waals surface area contributed by atoms with Crippen LogP contribution < -0.4 is 0 Å². The van der Waals surface area contributed by atoms with Crippen LogP contribution in [0.5, 0.6) is 0 Å². The van der Waals surface area contributed by atoms with Crippen molar-refractivity contribution in [2.45, 2.75) is 31.2 Å². The molecule has 0 aliphatic carbocycles. The molecule has 1 saturated heterocycles. The first-order valence-corrected chi connectivity index (χ1v) is 7.70. The highest BCUT2D eigenvalue weighted by atomic mass is 32.2. The molecule has 1 rings (SSSR count). The van der Waals surface area contributed by atoms with Crippen molar-refractivity contribution in [3.05, 3.63) is 0 Å². The Morgan fingerprint density at radius 1 is 1.56 bits per heavy atom. The molecule has 1 aliphatic rings. The van der Waals surface area contributed by atoms with E-state index in [1.807, 2.05) is 13.2 Å². The van der Waals surface area contributed by atoms with Crippen molar-refractivity contribution in [3.8, 4) is 0 Å². The second-order valence-corrected chi connectivity index (χ2v) is 5.79. The zero-order chi connectivity index (χ0) is 12.1. The summed E-state index contributed by atoms with van der Waals surface area (Å²) in [7, 11) is 0. The number of aliphatic carboxylic acids is 1. The molecule has 1 heterocycles. The standard InChI is InChI=1S/C10H17NO3S2/c1-3-9-11(8(12)4-5-15-2)7(6-16-9)10(13)14/h7,9H,3-6H2,1-2H3,(H,13,14). The summed E-state index contributed by atoms with van der Waals surface area (Å²) < 4.78 is 0. The Bertz CT molecular complexity index is 273. The number of carboxylic acid groups (broad SMARTS) is 1. The lowest BCUT2D eigenvalue weighted by Crippen LogP contribution is -2.45. The van der Waals surface area contributed by atoms with E-state index >= 15 is 0 Å². The van der Waals surface area contributed by atoms with Crippen molar-refractivity contribution in [1.82, 2.24) is 4.90 Å². The maximum Gasteiger partial charge on any atom is 0.327 e. The van der Waals surface area contributed by atoms with Gasteiger partial charge in [0.15, 0.2) is 0 Å². The number of amides is 1. The minimum Gasteiger partial charge on any atom is -0.480 e. The van der Waals surface area contributed by atoms with E-state index in [0.29, 0.717) is 12.2 Å². The molecule has 1 aliphatic heterocycles. The van der Waals surface area contributed by atoms with Gasteiger partial charge in [-0.25, -0.2) is 4.79 Å². The van der Waals surface area contributed by atoms with Crippen LogP contribution in [0.1, 0.15) is 19.8 Å². The smallest absolute Gasteiger partial charge is 0.327 e. The Kier molecular flexibility index (Phi) is 5.48. The van der Waals surface area contributed by atoms with E-state index in [1.54, 1.807) is 28.4 Å². The fourth-order valence-electron chi connectivity index (χ4n) is 1.72. The Morgan fingerprint density at radius 2 is 2.25 bits per heavy atom. The number of thioether (sulfide) groups is 2. The first kappa shape index (κ1) is 13.7. The van der Waals surface area contributed by atoms with Gasteiger partial charge in [-0.3, -0.25) is 4.79 Å². The molecule has 0 radical (unpaired) electrons. The van der Waals surface area contributed by atoms with Crippen LogP contribution in [0.3, 0.4) is 0 Å². The molecule has 0 saturated carbocycles. The van der Waals surface area contributed by atoms with Crippen LogP contribution in [0, 0.1) is 0 Å². The van der Waals surface area contributed by atoms with Gasteiger partial charge in [-0.05, 0) is 12.7 Å². The van der Waals surface area contributed by atoms with Gasteiger partial charge < -0.3 is 10.0 Å². The van der Waals surface area contributed by atoms with Crippen LogP contribution in [0.15, 0.2) is 0 Å². The summed E-state index contributed by atoms with van der Waals surface area (Å²) in [6.45, 7) is 1.98. The highest BCUT2D eigenvalue weighted by Gasteiger charge is 2.40. The fraction of sp³-hybridized carbons (Fsp3) is 0.800. The van der Waals surface area contributed by atoms with Crippen LogP contribution in [0.25, 0.3) is 0 Å². The lowest BCUT2D eigenvalue weighted by molar-refractivity contribution is -0.148. The van der Waals surface area contributed by atoms with E-state index in [1.165, 1.54) is 0 Å². The topological polar surface area (TPSA) is 57.6 Å². The largest absolute Gasteiger partial charge is 0.480 e. The van der Waals surface area contributed by atoms with Crippen molar-refractivity contribution in [2.24, 2.45) is 0 Å². The molecule has 6 heteroatoms. The molecule has 0 aromatic carbocycles. The summed E-state index contributed by atoms with van der Waals surface area (Å²) in [5, 5.41) is 9.10. The van der Waals surface area contributed by atoms with Gasteiger partial charge in [0.1, 0.15) is 6.04 Å². The molecule has 1 fully saturated rings.